The van der Waals surface area contributed by atoms with Crippen LogP contribution in [0, 0.1) is 0 Å². The molecule has 308 valence electrons. The van der Waals surface area contributed by atoms with Crippen LogP contribution in [-0.4, -0.2) is 63.0 Å². The number of ketones is 2. The maximum absolute atomic E-state index is 13.0. The minimum atomic E-state index is -4.80. The fraction of sp³-hybridized carbons (Fsp3) is 0.222. The summed E-state index contributed by atoms with van der Waals surface area (Å²) >= 11 is 11.1. The predicted octanol–water partition coefficient (Wildman–Crippen LogP) is 9.00. The molecule has 0 radical (unpaired) electrons. The molecule has 0 aliphatic carbocycles. The van der Waals surface area contributed by atoms with Crippen molar-refractivity contribution < 1.29 is 68.8 Å². The molecule has 0 aliphatic heterocycles. The van der Waals surface area contributed by atoms with Gasteiger partial charge in [0, 0.05) is 28.8 Å². The number of quaternary nitrogens is 1. The normalized spacial score (nSPS) is 11.1. The summed E-state index contributed by atoms with van der Waals surface area (Å²) in [6.07, 6.45) is -6.89. The molecule has 9 nitrogen and oxygen atoms in total. The van der Waals surface area contributed by atoms with E-state index in [2.05, 4.69) is 103 Å². The molecule has 0 N–H and O–H groups in total. The molecule has 0 atom stereocenters. The van der Waals surface area contributed by atoms with Crippen molar-refractivity contribution in [1.29, 1.82) is 0 Å². The second-order valence-electron chi connectivity index (χ2n) is 12.0. The van der Waals surface area contributed by atoms with Gasteiger partial charge < -0.3 is 14.0 Å². The maximum atomic E-state index is 13.0. The molecule has 0 fully saturated rings. The number of rotatable bonds is 9. The van der Waals surface area contributed by atoms with Crippen molar-refractivity contribution >= 4 is 72.8 Å². The monoisotopic (exact) mass is 1100 g/mol. The molecule has 57 heavy (non-hydrogen) atoms. The summed E-state index contributed by atoms with van der Waals surface area (Å²) in [6.45, 7) is 2.15. The molecule has 1 aromatic carbocycles. The Hall–Kier alpha value is -3.14. The van der Waals surface area contributed by atoms with Crippen LogP contribution in [0.15, 0.2) is 100 Å². The summed E-state index contributed by atoms with van der Waals surface area (Å²) in [4.78, 5) is 37.2. The van der Waals surface area contributed by atoms with E-state index in [4.69, 9.17) is 38.9 Å². The van der Waals surface area contributed by atoms with E-state index in [9.17, 15) is 35.9 Å². The third kappa shape index (κ3) is 18.5. The number of ether oxygens (including phenoxy) is 2. The SMILES string of the molecule is CC(=O)c1ccc(Oc2ccc(Br)nc2)nc1C(F)(F)F.C[N+](C)(C)Cc1ccccc1.Cl[I-]Cl.O=C(CCl)c1ccc(Oc2ccc(Br)nc2)nc1C(F)(F)F. The number of hydrogen-bond donors (Lipinski definition) is 0. The molecule has 0 unspecified atom stereocenters. The van der Waals surface area contributed by atoms with Crippen molar-refractivity contribution in [3.05, 3.63) is 129 Å². The van der Waals surface area contributed by atoms with E-state index in [1.807, 2.05) is 0 Å². The van der Waals surface area contributed by atoms with Crippen LogP contribution in [0.25, 0.3) is 0 Å². The maximum Gasteiger partial charge on any atom is 0.434 e. The topological polar surface area (TPSA) is 104 Å². The molecule has 0 amide bonds. The first-order chi connectivity index (χ1) is 26.6. The Morgan fingerprint density at radius 2 is 1.12 bits per heavy atom. The summed E-state index contributed by atoms with van der Waals surface area (Å²) in [5.74, 6) is -2.28. The van der Waals surface area contributed by atoms with Crippen molar-refractivity contribution in [3.8, 4) is 23.3 Å². The van der Waals surface area contributed by atoms with Gasteiger partial charge in [0.15, 0.2) is 23.0 Å². The smallest absolute Gasteiger partial charge is 0.434 e. The fourth-order valence-electron chi connectivity index (χ4n) is 4.23. The fourth-order valence-corrected chi connectivity index (χ4v) is 4.84. The van der Waals surface area contributed by atoms with Gasteiger partial charge in [-0.3, -0.25) is 9.59 Å². The van der Waals surface area contributed by atoms with Crippen LogP contribution in [-0.2, 0) is 18.9 Å². The quantitative estimate of drug-likeness (QED) is 0.0360. The van der Waals surface area contributed by atoms with Crippen LogP contribution in [0.2, 0.25) is 0 Å². The first-order valence-corrected chi connectivity index (χ1v) is 23.2. The number of benzene rings is 1. The zero-order chi connectivity index (χ0) is 43.0. The molecule has 0 bridgehead atoms. The number of carbonyl (C=O) groups excluding carboxylic acids is 2. The molecule has 0 spiro atoms. The average Bonchev–Trinajstić information content (AvgIpc) is 3.13. The number of hydrogen-bond acceptors (Lipinski definition) is 8. The van der Waals surface area contributed by atoms with Crippen LogP contribution in [0.3, 0.4) is 0 Å². The summed E-state index contributed by atoms with van der Waals surface area (Å²) in [6, 6.07) is 21.1. The summed E-state index contributed by atoms with van der Waals surface area (Å²) < 4.78 is 90.1. The number of Topliss-reactive ketones (excluding diaryl/α,β-unsaturated/α-hetero) is 2. The van der Waals surface area contributed by atoms with Crippen LogP contribution >= 0.6 is 61.3 Å². The standard InChI is InChI=1S/C13H7BrClF3N2O2.C13H8BrF3N2O2.C10H16N.Cl2I/c14-10-3-1-7(6-19-10)22-11-4-2-8(9(21)5-15)12(20-11)13(16,17)18;1-7(20)9-3-5-11(19-12(9)13(15,16)17)21-8-2-4-10(14)18-6-8;1-11(2,3)9-10-7-5-4-6-8-10;1-3-2/h1-4,6H,5H2;2-6H,1H3;4-8H,9H2,1-3H3;/q;;+1;-1. The third-order valence-electron chi connectivity index (χ3n) is 6.42. The number of aromatic nitrogens is 4. The van der Waals surface area contributed by atoms with E-state index in [1.54, 1.807) is 12.1 Å². The molecule has 4 aromatic heterocycles. The Kier molecular flexibility index (Phi) is 20.6. The van der Waals surface area contributed by atoms with Crippen molar-refractivity contribution in [3.63, 3.8) is 0 Å². The van der Waals surface area contributed by atoms with Gasteiger partial charge in [-0.25, -0.2) is 19.9 Å². The summed E-state index contributed by atoms with van der Waals surface area (Å²) in [5, 5.41) is 0. The molecule has 5 aromatic rings. The van der Waals surface area contributed by atoms with E-state index in [0.717, 1.165) is 36.2 Å². The van der Waals surface area contributed by atoms with Gasteiger partial charge in [0.05, 0.1) is 39.4 Å². The van der Waals surface area contributed by atoms with Gasteiger partial charge in [0.1, 0.15) is 27.3 Å². The number of halogens is 12. The van der Waals surface area contributed by atoms with Crippen molar-refractivity contribution in [2.24, 2.45) is 0 Å². The van der Waals surface area contributed by atoms with E-state index in [1.165, 1.54) is 36.2 Å². The molecule has 4 heterocycles. The van der Waals surface area contributed by atoms with Crippen molar-refractivity contribution in [1.82, 2.24) is 19.9 Å². The zero-order valence-electron chi connectivity index (χ0n) is 30.0. The average molecular weight is 1100 g/mol. The van der Waals surface area contributed by atoms with E-state index < -0.39 is 71.3 Å². The minimum Gasteiger partial charge on any atom is -0.437 e. The Morgan fingerprint density at radius 1 is 0.702 bits per heavy atom. The molecule has 0 aliphatic rings. The van der Waals surface area contributed by atoms with Gasteiger partial charge in [-0.15, -0.1) is 11.6 Å². The molecule has 21 heteroatoms. The van der Waals surface area contributed by atoms with Crippen LogP contribution in [0.4, 0.5) is 26.3 Å². The minimum absolute atomic E-state index is 0.209. The van der Waals surface area contributed by atoms with Gasteiger partial charge in [-0.1, -0.05) is 30.3 Å². The molecular formula is C36H31Br2Cl3F6IN5O4. The van der Waals surface area contributed by atoms with Gasteiger partial charge in [0.2, 0.25) is 11.8 Å². The number of pyridine rings is 4. The molecule has 0 saturated heterocycles. The number of carbonyl (C=O) groups is 2. The van der Waals surface area contributed by atoms with E-state index >= 15 is 0 Å². The molecular weight excluding hydrogens is 1070 g/mol. The first-order valence-electron chi connectivity index (χ1n) is 15.6. The Bertz CT molecular complexity index is 2050. The predicted molar refractivity (Wildman–Crippen MR) is 207 cm³/mol. The number of alkyl halides is 7. The Morgan fingerprint density at radius 3 is 1.47 bits per heavy atom. The first kappa shape index (κ1) is 50.0. The second kappa shape index (κ2) is 23.5. The summed E-state index contributed by atoms with van der Waals surface area (Å²) in [7, 11) is 16.4. The van der Waals surface area contributed by atoms with Gasteiger partial charge >= 0.3 is 49.1 Å². The van der Waals surface area contributed by atoms with E-state index in [-0.39, 0.29) is 23.3 Å². The molecule has 0 saturated carbocycles. The van der Waals surface area contributed by atoms with Gasteiger partial charge in [-0.05, 0) is 75.2 Å². The van der Waals surface area contributed by atoms with E-state index in [0.29, 0.717) is 9.21 Å². The van der Waals surface area contributed by atoms with Crippen molar-refractivity contribution in [2.45, 2.75) is 25.8 Å². The van der Waals surface area contributed by atoms with Gasteiger partial charge in [0.25, 0.3) is 0 Å². The largest absolute Gasteiger partial charge is 0.437 e. The number of nitrogens with zero attached hydrogens (tertiary/aromatic N) is 5. The zero-order valence-corrected chi connectivity index (χ0v) is 37.6. The van der Waals surface area contributed by atoms with Crippen LogP contribution in [0.5, 0.6) is 23.3 Å². The second-order valence-corrected chi connectivity index (χ2v) is 17.1. The van der Waals surface area contributed by atoms with Crippen LogP contribution in [0.1, 0.15) is 44.6 Å². The molecule has 5 rings (SSSR count). The Balaban J connectivity index is 0.000000299. The van der Waals surface area contributed by atoms with Crippen molar-refractivity contribution in [2.75, 3.05) is 27.0 Å². The van der Waals surface area contributed by atoms with Crippen LogP contribution < -0.4 is 28.4 Å². The third-order valence-corrected chi connectivity index (χ3v) is 7.60. The summed E-state index contributed by atoms with van der Waals surface area (Å²) in [5.41, 5.74) is -2.29. The van der Waals surface area contributed by atoms with Gasteiger partial charge in [-0.2, -0.15) is 26.3 Å². The Labute approximate surface area is 363 Å².